The number of hydrogen-bond donors (Lipinski definition) is 2. The maximum atomic E-state index is 14.4. The van der Waals surface area contributed by atoms with Gasteiger partial charge in [0.25, 0.3) is 0 Å². The van der Waals surface area contributed by atoms with E-state index in [9.17, 15) is 14.3 Å². The monoisotopic (exact) mass is 430 g/mol. The molecule has 0 spiro atoms. The van der Waals surface area contributed by atoms with Gasteiger partial charge in [0.05, 0.1) is 27.0 Å². The highest BCUT2D eigenvalue weighted by molar-refractivity contribution is 7.16. The maximum Gasteiger partial charge on any atom is 0.339 e. The van der Waals surface area contributed by atoms with Crippen molar-refractivity contribution in [2.24, 2.45) is 7.05 Å². The molecule has 0 radical (unpaired) electrons. The molecule has 0 unspecified atom stereocenters. The number of aryl methyl sites for hydroxylation is 2. The Hall–Kier alpha value is -3.11. The number of benzene rings is 1. The second-order valence-electron chi connectivity index (χ2n) is 6.37. The Morgan fingerprint density at radius 3 is 2.79 bits per heavy atom. The molecule has 0 saturated carbocycles. The minimum absolute atomic E-state index is 0.0552. The second-order valence-corrected chi connectivity index (χ2v) is 8.31. The summed E-state index contributed by atoms with van der Waals surface area (Å²) in [5, 5.41) is 26.3. The first kappa shape index (κ1) is 19.2. The third-order valence-corrected chi connectivity index (χ3v) is 6.28. The molecule has 7 nitrogen and oxygen atoms in total. The zero-order valence-electron chi connectivity index (χ0n) is 15.4. The van der Waals surface area contributed by atoms with Gasteiger partial charge in [-0.25, -0.2) is 19.2 Å². The van der Waals surface area contributed by atoms with E-state index in [4.69, 9.17) is 5.11 Å². The Bertz CT molecular complexity index is 1230. The summed E-state index contributed by atoms with van der Waals surface area (Å²) in [6.45, 7) is 1.89. The molecule has 4 aromatic rings. The minimum Gasteiger partial charge on any atom is -0.507 e. The van der Waals surface area contributed by atoms with Gasteiger partial charge in [0, 0.05) is 30.6 Å². The number of rotatable bonds is 5. The summed E-state index contributed by atoms with van der Waals surface area (Å²) in [4.78, 5) is 21.0. The lowest BCUT2D eigenvalue weighted by Gasteiger charge is -2.04. The molecule has 2 N–H and O–H groups in total. The van der Waals surface area contributed by atoms with Gasteiger partial charge in [-0.05, 0) is 25.1 Å². The summed E-state index contributed by atoms with van der Waals surface area (Å²) in [6, 6.07) is 3.83. The van der Waals surface area contributed by atoms with E-state index in [1.165, 1.54) is 22.7 Å². The van der Waals surface area contributed by atoms with Crippen molar-refractivity contribution < 1.29 is 19.4 Å². The summed E-state index contributed by atoms with van der Waals surface area (Å²) in [5.41, 5.74) is 1.97. The highest BCUT2D eigenvalue weighted by atomic mass is 32.1. The van der Waals surface area contributed by atoms with Crippen molar-refractivity contribution in [3.05, 3.63) is 57.6 Å². The second kappa shape index (κ2) is 7.37. The predicted octanol–water partition coefficient (Wildman–Crippen LogP) is 4.11. The first-order valence-electron chi connectivity index (χ1n) is 8.48. The van der Waals surface area contributed by atoms with Crippen LogP contribution in [0.5, 0.6) is 5.75 Å². The Morgan fingerprint density at radius 2 is 2.10 bits per heavy atom. The summed E-state index contributed by atoms with van der Waals surface area (Å²) in [6.07, 6.45) is 2.49. The number of carbonyl (C=O) groups is 1. The topological polar surface area (TPSA) is 101 Å². The van der Waals surface area contributed by atoms with Crippen LogP contribution in [-0.2, 0) is 13.5 Å². The summed E-state index contributed by atoms with van der Waals surface area (Å²) < 4.78 is 16.1. The van der Waals surface area contributed by atoms with Crippen LogP contribution in [0.25, 0.3) is 21.1 Å². The number of aromatic hydroxyl groups is 1. The third-order valence-electron chi connectivity index (χ3n) is 4.23. The van der Waals surface area contributed by atoms with E-state index in [1.54, 1.807) is 10.1 Å². The number of thiazole rings is 2. The quantitative estimate of drug-likeness (QED) is 0.494. The fraction of sp³-hybridized carbons (Fsp3) is 0.158. The summed E-state index contributed by atoms with van der Waals surface area (Å²) >= 11 is 2.72. The van der Waals surface area contributed by atoms with Crippen molar-refractivity contribution >= 4 is 28.6 Å². The van der Waals surface area contributed by atoms with E-state index in [0.717, 1.165) is 33.4 Å². The third kappa shape index (κ3) is 3.76. The normalized spacial score (nSPS) is 11.1. The number of aromatic carboxylic acids is 1. The van der Waals surface area contributed by atoms with Crippen LogP contribution in [-0.4, -0.2) is 35.9 Å². The Kier molecular flexibility index (Phi) is 4.89. The number of halogens is 1. The first-order chi connectivity index (χ1) is 13.8. The zero-order valence-corrected chi connectivity index (χ0v) is 17.0. The molecule has 0 aliphatic carbocycles. The largest absolute Gasteiger partial charge is 0.507 e. The van der Waals surface area contributed by atoms with E-state index < -0.39 is 23.1 Å². The van der Waals surface area contributed by atoms with E-state index in [2.05, 4.69) is 15.1 Å². The standard InChI is InChI=1S/C19H15FN4O3S2/c1-9-17(29-16(21-9)5-10-3-4-24(2)23-10)14-8-28-18(22-14)11-7-15(25)12(19(26)27)6-13(11)20/h3-4,6-8,25H,5H2,1-2H3,(H,26,27). The molecule has 0 amide bonds. The van der Waals surface area contributed by atoms with Gasteiger partial charge < -0.3 is 10.2 Å². The van der Waals surface area contributed by atoms with Gasteiger partial charge in [-0.1, -0.05) is 0 Å². The molecule has 0 bridgehead atoms. The van der Waals surface area contributed by atoms with Crippen LogP contribution >= 0.6 is 22.7 Å². The van der Waals surface area contributed by atoms with Crippen molar-refractivity contribution in [1.29, 1.82) is 0 Å². The Balaban J connectivity index is 1.65. The van der Waals surface area contributed by atoms with Gasteiger partial charge in [-0.15, -0.1) is 22.7 Å². The van der Waals surface area contributed by atoms with Gasteiger partial charge in [-0.3, -0.25) is 4.68 Å². The van der Waals surface area contributed by atoms with Gasteiger partial charge in [0.15, 0.2) is 0 Å². The van der Waals surface area contributed by atoms with Crippen LogP contribution in [0.1, 0.15) is 26.8 Å². The highest BCUT2D eigenvalue weighted by Gasteiger charge is 2.19. The predicted molar refractivity (Wildman–Crippen MR) is 108 cm³/mol. The van der Waals surface area contributed by atoms with Crippen molar-refractivity contribution in [2.75, 3.05) is 0 Å². The molecule has 0 aliphatic rings. The van der Waals surface area contributed by atoms with Crippen LogP contribution < -0.4 is 0 Å². The molecule has 3 aromatic heterocycles. The maximum absolute atomic E-state index is 14.4. The zero-order chi connectivity index (χ0) is 20.7. The molecule has 4 rings (SSSR count). The van der Waals surface area contributed by atoms with E-state index in [0.29, 0.717) is 17.1 Å². The molecule has 29 heavy (non-hydrogen) atoms. The van der Waals surface area contributed by atoms with Crippen LogP contribution in [0.15, 0.2) is 29.8 Å². The Morgan fingerprint density at radius 1 is 1.31 bits per heavy atom. The molecule has 3 heterocycles. The van der Waals surface area contributed by atoms with Gasteiger partial charge in [0.2, 0.25) is 0 Å². The number of carboxylic acid groups (broad SMARTS) is 1. The van der Waals surface area contributed by atoms with Crippen molar-refractivity contribution in [3.63, 3.8) is 0 Å². The van der Waals surface area contributed by atoms with Crippen LogP contribution in [0.2, 0.25) is 0 Å². The average Bonchev–Trinajstić information content (AvgIpc) is 3.37. The van der Waals surface area contributed by atoms with Crippen molar-refractivity contribution in [3.8, 4) is 26.9 Å². The number of hydrogen-bond acceptors (Lipinski definition) is 7. The van der Waals surface area contributed by atoms with Gasteiger partial charge in [-0.2, -0.15) is 5.10 Å². The summed E-state index contributed by atoms with van der Waals surface area (Å²) in [7, 11) is 1.86. The molecule has 0 saturated heterocycles. The van der Waals surface area contributed by atoms with Crippen LogP contribution in [0, 0.1) is 12.7 Å². The highest BCUT2D eigenvalue weighted by Crippen LogP contribution is 2.37. The first-order valence-corrected chi connectivity index (χ1v) is 10.2. The van der Waals surface area contributed by atoms with Crippen LogP contribution in [0.3, 0.4) is 0 Å². The van der Waals surface area contributed by atoms with E-state index in [1.807, 2.05) is 26.2 Å². The number of phenols is 1. The number of nitrogens with zero attached hydrogens (tertiary/aromatic N) is 4. The number of carboxylic acids is 1. The SMILES string of the molecule is Cc1nc(Cc2ccn(C)n2)sc1-c1csc(-c2cc(O)c(C(=O)O)cc2F)n1. The smallest absolute Gasteiger partial charge is 0.339 e. The van der Waals surface area contributed by atoms with E-state index >= 15 is 0 Å². The fourth-order valence-electron chi connectivity index (χ4n) is 2.88. The molecular formula is C19H15FN4O3S2. The molecule has 0 atom stereocenters. The molecule has 10 heteroatoms. The molecular weight excluding hydrogens is 415 g/mol. The van der Waals surface area contributed by atoms with Crippen molar-refractivity contribution in [2.45, 2.75) is 13.3 Å². The van der Waals surface area contributed by atoms with Crippen LogP contribution in [0.4, 0.5) is 4.39 Å². The van der Waals surface area contributed by atoms with Gasteiger partial charge >= 0.3 is 5.97 Å². The lowest BCUT2D eigenvalue weighted by molar-refractivity contribution is 0.0693. The summed E-state index contributed by atoms with van der Waals surface area (Å²) in [5.74, 6) is -2.65. The lowest BCUT2D eigenvalue weighted by Crippen LogP contribution is -1.98. The Labute approximate surface area is 172 Å². The van der Waals surface area contributed by atoms with Crippen molar-refractivity contribution in [1.82, 2.24) is 19.7 Å². The van der Waals surface area contributed by atoms with E-state index in [-0.39, 0.29) is 5.56 Å². The molecule has 148 valence electrons. The minimum atomic E-state index is -1.39. The number of aromatic nitrogens is 4. The lowest BCUT2D eigenvalue weighted by atomic mass is 10.1. The van der Waals surface area contributed by atoms with Gasteiger partial charge in [0.1, 0.15) is 22.1 Å². The molecule has 0 fully saturated rings. The fourth-order valence-corrected chi connectivity index (χ4v) is 4.82. The molecule has 1 aromatic carbocycles. The average molecular weight is 430 g/mol. The molecule has 0 aliphatic heterocycles.